The molecule has 32 heavy (non-hydrogen) atoms. The number of nitrogens with zero attached hydrogens (tertiary/aromatic N) is 2. The number of benzene rings is 4. The van der Waals surface area contributed by atoms with Crippen molar-refractivity contribution < 1.29 is 0 Å². The number of nitrogens with one attached hydrogen (secondary N) is 2. The number of halogens is 4. The topological polar surface area (TPSA) is 53.7 Å². The minimum atomic E-state index is 0.0388. The van der Waals surface area contributed by atoms with Gasteiger partial charge < -0.3 is 9.88 Å². The maximum Gasteiger partial charge on any atom is 0.110 e. The minimum Gasteiger partial charge on any atom is -0.351 e. The second-order valence-electron chi connectivity index (χ2n) is 7.10. The van der Waals surface area contributed by atoms with Crippen molar-refractivity contribution in [2.75, 3.05) is 5.32 Å². The van der Waals surface area contributed by atoms with E-state index in [1.165, 1.54) is 0 Å². The number of fused-ring (bicyclic) bond motifs is 2. The van der Waals surface area contributed by atoms with E-state index in [2.05, 4.69) is 5.32 Å². The van der Waals surface area contributed by atoms with Crippen LogP contribution in [0.3, 0.4) is 0 Å². The summed E-state index contributed by atoms with van der Waals surface area (Å²) in [6.07, 6.45) is 0. The molecule has 2 N–H and O–H groups in total. The van der Waals surface area contributed by atoms with Gasteiger partial charge in [0.05, 0.1) is 48.5 Å². The van der Waals surface area contributed by atoms with Gasteiger partial charge in [0.25, 0.3) is 0 Å². The van der Waals surface area contributed by atoms with Crippen molar-refractivity contribution in [1.29, 1.82) is 5.41 Å². The van der Waals surface area contributed by atoms with Crippen LogP contribution in [-0.2, 0) is 0 Å². The molecule has 5 rings (SSSR count). The van der Waals surface area contributed by atoms with Crippen molar-refractivity contribution in [3.05, 3.63) is 98.2 Å². The van der Waals surface area contributed by atoms with Gasteiger partial charge in [0, 0.05) is 10.7 Å². The monoisotopic (exact) mass is 498 g/mol. The molecule has 0 aromatic heterocycles. The first-order valence-corrected chi connectivity index (χ1v) is 11.1. The molecule has 2 aliphatic rings. The lowest BCUT2D eigenvalue weighted by atomic mass is 10.1. The van der Waals surface area contributed by atoms with Gasteiger partial charge >= 0.3 is 0 Å². The number of rotatable bonds is 3. The molecule has 0 saturated heterocycles. The van der Waals surface area contributed by atoms with E-state index in [1.807, 2.05) is 59.2 Å². The third-order valence-corrected chi connectivity index (χ3v) is 6.40. The highest BCUT2D eigenvalue weighted by Gasteiger charge is 2.25. The summed E-state index contributed by atoms with van der Waals surface area (Å²) in [7, 11) is 0. The highest BCUT2D eigenvalue weighted by molar-refractivity contribution is 6.40. The molecule has 0 saturated carbocycles. The van der Waals surface area contributed by atoms with E-state index in [9.17, 15) is 0 Å². The summed E-state index contributed by atoms with van der Waals surface area (Å²) in [4.78, 5) is 4.79. The Hall–Kier alpha value is -2.76. The maximum atomic E-state index is 8.76. The lowest BCUT2D eigenvalue weighted by molar-refractivity contribution is 1.07. The van der Waals surface area contributed by atoms with E-state index < -0.39 is 0 Å². The number of anilines is 2. The van der Waals surface area contributed by atoms with Crippen LogP contribution in [0.25, 0.3) is 28.1 Å². The predicted molar refractivity (Wildman–Crippen MR) is 133 cm³/mol. The number of aromatic nitrogens is 2. The van der Waals surface area contributed by atoms with Crippen molar-refractivity contribution in [2.24, 2.45) is 0 Å². The van der Waals surface area contributed by atoms with Crippen molar-refractivity contribution >= 4 is 68.8 Å². The molecule has 0 amide bonds. The molecule has 4 nitrogen and oxygen atoms in total. The molecule has 3 aromatic carbocycles. The van der Waals surface area contributed by atoms with Crippen LogP contribution in [0.4, 0.5) is 11.4 Å². The summed E-state index contributed by atoms with van der Waals surface area (Å²) >= 11 is 25.9. The highest BCUT2D eigenvalue weighted by atomic mass is 35.5. The Bertz CT molecular complexity index is 1510. The number of hydrogen-bond donors (Lipinski definition) is 2. The van der Waals surface area contributed by atoms with Crippen LogP contribution in [0.5, 0.6) is 0 Å². The Morgan fingerprint density at radius 3 is 2.28 bits per heavy atom. The summed E-state index contributed by atoms with van der Waals surface area (Å²) in [5.74, 6) is 0. The molecule has 1 heterocycles. The maximum absolute atomic E-state index is 8.76. The molecule has 3 aromatic rings. The Balaban J connectivity index is 1.85. The standard InChI is InChI=1S/C24H14Cl4N4/c25-13-10-11-16(15(26)12-13)30-22-20(28)23-24(19(27)21(22)29)32(14-6-2-1-3-7-14)18-9-5-4-8-17(18)31-23/h1-12,29-30H. The molecule has 0 bridgehead atoms. The third kappa shape index (κ3) is 3.50. The lowest BCUT2D eigenvalue weighted by Crippen LogP contribution is -2.17. The van der Waals surface area contributed by atoms with Crippen LogP contribution in [-0.4, -0.2) is 9.55 Å². The zero-order valence-corrected chi connectivity index (χ0v) is 19.4. The van der Waals surface area contributed by atoms with Crippen LogP contribution in [0, 0.1) is 5.41 Å². The van der Waals surface area contributed by atoms with E-state index in [1.54, 1.807) is 18.2 Å². The first-order valence-electron chi connectivity index (χ1n) is 9.60. The summed E-state index contributed by atoms with van der Waals surface area (Å²) in [6, 6.07) is 22.5. The number of para-hydroxylation sites is 3. The first kappa shape index (κ1) is 21.1. The van der Waals surface area contributed by atoms with Gasteiger partial charge in [0.15, 0.2) is 0 Å². The SMILES string of the molecule is N=c1c(Cl)c2n(-c3ccccc3)c3ccccc3nc-2c(Cl)c1Nc1ccc(Cl)cc1Cl. The average Bonchev–Trinajstić information content (AvgIpc) is 2.81. The van der Waals surface area contributed by atoms with E-state index in [0.717, 1.165) is 16.7 Å². The van der Waals surface area contributed by atoms with Gasteiger partial charge in [-0.1, -0.05) is 76.7 Å². The van der Waals surface area contributed by atoms with E-state index >= 15 is 0 Å². The molecule has 0 atom stereocenters. The zero-order chi connectivity index (χ0) is 22.4. The smallest absolute Gasteiger partial charge is 0.110 e. The van der Waals surface area contributed by atoms with Crippen molar-refractivity contribution in [2.45, 2.75) is 0 Å². The zero-order valence-electron chi connectivity index (χ0n) is 16.3. The second-order valence-corrected chi connectivity index (χ2v) is 8.70. The molecule has 1 aliphatic carbocycles. The summed E-state index contributed by atoms with van der Waals surface area (Å²) in [5, 5.41) is 13.3. The van der Waals surface area contributed by atoms with Crippen LogP contribution < -0.4 is 10.7 Å². The molecule has 1 aliphatic heterocycles. The van der Waals surface area contributed by atoms with Crippen LogP contribution >= 0.6 is 46.4 Å². The molecular formula is C24H14Cl4N4. The van der Waals surface area contributed by atoms with Gasteiger partial charge in [0.1, 0.15) is 5.69 Å². The molecule has 0 spiro atoms. The Kier molecular flexibility index (Phi) is 5.48. The summed E-state index contributed by atoms with van der Waals surface area (Å²) in [5.41, 5.74) is 4.38. The van der Waals surface area contributed by atoms with Crippen LogP contribution in [0.1, 0.15) is 0 Å². The normalized spacial score (nSPS) is 11.2. The molecule has 158 valence electrons. The van der Waals surface area contributed by atoms with Gasteiger partial charge in [-0.2, -0.15) is 0 Å². The Morgan fingerprint density at radius 2 is 1.53 bits per heavy atom. The van der Waals surface area contributed by atoms with E-state index in [-0.39, 0.29) is 15.4 Å². The van der Waals surface area contributed by atoms with Crippen molar-refractivity contribution in [3.8, 4) is 17.1 Å². The Labute approximate surface area is 203 Å². The van der Waals surface area contributed by atoms with Gasteiger partial charge in [0.2, 0.25) is 0 Å². The quantitative estimate of drug-likeness (QED) is 0.247. The van der Waals surface area contributed by atoms with E-state index in [4.69, 9.17) is 56.8 Å². The third-order valence-electron chi connectivity index (χ3n) is 5.11. The molecule has 0 fully saturated rings. The minimum absolute atomic E-state index is 0.0388. The Morgan fingerprint density at radius 1 is 0.812 bits per heavy atom. The molecule has 0 radical (unpaired) electrons. The molecular weight excluding hydrogens is 486 g/mol. The fourth-order valence-corrected chi connectivity index (χ4v) is 4.64. The van der Waals surface area contributed by atoms with Crippen LogP contribution in [0.2, 0.25) is 20.1 Å². The predicted octanol–water partition coefficient (Wildman–Crippen LogP) is 7.97. The summed E-state index contributed by atoms with van der Waals surface area (Å²) in [6.45, 7) is 0. The second kappa shape index (κ2) is 8.30. The molecule has 0 unspecified atom stereocenters. The van der Waals surface area contributed by atoms with Gasteiger partial charge in [-0.15, -0.1) is 0 Å². The highest BCUT2D eigenvalue weighted by Crippen LogP contribution is 2.41. The molecule has 8 heteroatoms. The lowest BCUT2D eigenvalue weighted by Gasteiger charge is -2.23. The first-order chi connectivity index (χ1) is 15.5. The number of hydrogen-bond acceptors (Lipinski definition) is 3. The van der Waals surface area contributed by atoms with Gasteiger partial charge in [-0.3, -0.25) is 5.41 Å². The fraction of sp³-hybridized carbons (Fsp3) is 0. The van der Waals surface area contributed by atoms with E-state index in [0.29, 0.717) is 32.8 Å². The summed E-state index contributed by atoms with van der Waals surface area (Å²) < 4.78 is 1.98. The van der Waals surface area contributed by atoms with Crippen molar-refractivity contribution in [1.82, 2.24) is 9.55 Å². The average molecular weight is 500 g/mol. The fourth-order valence-electron chi connectivity index (χ4n) is 3.65. The van der Waals surface area contributed by atoms with Crippen molar-refractivity contribution in [3.63, 3.8) is 0 Å². The van der Waals surface area contributed by atoms with Gasteiger partial charge in [-0.05, 0) is 42.5 Å². The van der Waals surface area contributed by atoms with Gasteiger partial charge in [-0.25, -0.2) is 4.98 Å². The largest absolute Gasteiger partial charge is 0.351 e. The van der Waals surface area contributed by atoms with Crippen LogP contribution in [0.15, 0.2) is 72.8 Å².